The highest BCUT2D eigenvalue weighted by atomic mass is 19.4. The van der Waals surface area contributed by atoms with Crippen LogP contribution in [0.1, 0.15) is 35.6 Å². The number of likely N-dealkylation sites (tertiary alicyclic amines) is 1. The number of hydrogen-bond donors (Lipinski definition) is 2. The van der Waals surface area contributed by atoms with Crippen LogP contribution in [0.5, 0.6) is 0 Å². The van der Waals surface area contributed by atoms with Gasteiger partial charge in [-0.3, -0.25) is 14.5 Å². The van der Waals surface area contributed by atoms with Crippen molar-refractivity contribution in [2.45, 2.75) is 31.5 Å². The topological polar surface area (TPSA) is 64.7 Å². The summed E-state index contributed by atoms with van der Waals surface area (Å²) < 4.78 is 38.7. The van der Waals surface area contributed by atoms with E-state index in [1.54, 1.807) is 0 Å². The number of hydrogen-bond acceptors (Lipinski definition) is 4. The van der Waals surface area contributed by atoms with Crippen molar-refractivity contribution in [3.63, 3.8) is 0 Å². The van der Waals surface area contributed by atoms with Crippen LogP contribution in [0.4, 0.5) is 24.5 Å². The van der Waals surface area contributed by atoms with Crippen molar-refractivity contribution >= 4 is 23.2 Å². The second-order valence-electron chi connectivity index (χ2n) is 8.56. The number of carbonyl (C=O) groups excluding carboxylic acids is 2. The summed E-state index contributed by atoms with van der Waals surface area (Å²) in [4.78, 5) is 29.3. The Bertz CT molecular complexity index is 1030. The Labute approximate surface area is 190 Å². The van der Waals surface area contributed by atoms with Crippen LogP contribution in [-0.2, 0) is 22.2 Å². The molecule has 9 heteroatoms. The summed E-state index contributed by atoms with van der Waals surface area (Å²) in [5, 5.41) is 4.93. The molecule has 2 amide bonds. The zero-order chi connectivity index (χ0) is 23.6. The molecule has 33 heavy (non-hydrogen) atoms. The van der Waals surface area contributed by atoms with Crippen LogP contribution in [0.25, 0.3) is 0 Å². The highest BCUT2D eigenvalue weighted by Crippen LogP contribution is 2.32. The minimum atomic E-state index is -4.53. The van der Waals surface area contributed by atoms with Gasteiger partial charge in [0, 0.05) is 31.5 Å². The predicted molar refractivity (Wildman–Crippen MR) is 120 cm³/mol. The predicted octanol–water partition coefficient (Wildman–Crippen LogP) is 3.59. The fourth-order valence-corrected chi connectivity index (χ4v) is 4.54. The third-order valence-electron chi connectivity index (χ3n) is 6.31. The van der Waals surface area contributed by atoms with Gasteiger partial charge in [-0.2, -0.15) is 13.2 Å². The lowest BCUT2D eigenvalue weighted by molar-refractivity contribution is -0.137. The summed E-state index contributed by atoms with van der Waals surface area (Å²) >= 11 is 0. The Morgan fingerprint density at radius 2 is 1.79 bits per heavy atom. The number of benzene rings is 2. The molecule has 2 aromatic rings. The number of likely N-dealkylation sites (N-methyl/N-ethyl adjacent to an activating group) is 1. The molecule has 0 spiro atoms. The number of alkyl halides is 3. The average Bonchev–Trinajstić information content (AvgIpc) is 3.44. The fraction of sp³-hybridized carbons (Fsp3) is 0.417. The van der Waals surface area contributed by atoms with Crippen LogP contribution in [0, 0.1) is 0 Å². The molecular formula is C24H27F3N4O2. The zero-order valence-electron chi connectivity index (χ0n) is 18.4. The van der Waals surface area contributed by atoms with Gasteiger partial charge in [-0.25, -0.2) is 0 Å². The molecule has 176 valence electrons. The summed E-state index contributed by atoms with van der Waals surface area (Å²) in [6, 6.07) is 10.5. The van der Waals surface area contributed by atoms with Crippen LogP contribution in [-0.4, -0.2) is 49.9 Å². The molecule has 1 saturated heterocycles. The van der Waals surface area contributed by atoms with Crippen LogP contribution in [0.3, 0.4) is 0 Å². The van der Waals surface area contributed by atoms with E-state index in [1.165, 1.54) is 23.4 Å². The van der Waals surface area contributed by atoms with Crippen molar-refractivity contribution < 1.29 is 22.8 Å². The first-order chi connectivity index (χ1) is 15.7. The zero-order valence-corrected chi connectivity index (χ0v) is 18.4. The Balaban J connectivity index is 1.42. The number of fused-ring (bicyclic) bond motifs is 1. The lowest BCUT2D eigenvalue weighted by Gasteiger charge is -2.28. The van der Waals surface area contributed by atoms with Gasteiger partial charge in [0.1, 0.15) is 0 Å². The number of rotatable bonds is 5. The van der Waals surface area contributed by atoms with E-state index in [4.69, 9.17) is 0 Å². The molecule has 0 saturated carbocycles. The number of anilines is 2. The highest BCUT2D eigenvalue weighted by molar-refractivity contribution is 6.39. The van der Waals surface area contributed by atoms with Gasteiger partial charge in [0.15, 0.2) is 0 Å². The summed E-state index contributed by atoms with van der Waals surface area (Å²) in [6.45, 7) is 3.03. The van der Waals surface area contributed by atoms with E-state index < -0.39 is 23.6 Å². The highest BCUT2D eigenvalue weighted by Gasteiger charge is 2.31. The number of halogens is 3. The summed E-state index contributed by atoms with van der Waals surface area (Å²) in [5.41, 5.74) is 2.60. The molecule has 4 rings (SSSR count). The lowest BCUT2D eigenvalue weighted by atomic mass is 10.0. The van der Waals surface area contributed by atoms with E-state index in [-0.39, 0.29) is 18.3 Å². The monoisotopic (exact) mass is 460 g/mol. The van der Waals surface area contributed by atoms with Crippen LogP contribution < -0.4 is 15.5 Å². The Morgan fingerprint density at radius 1 is 1.03 bits per heavy atom. The second kappa shape index (κ2) is 9.43. The molecule has 2 N–H and O–H groups in total. The summed E-state index contributed by atoms with van der Waals surface area (Å²) in [6.07, 6.45) is -1.41. The van der Waals surface area contributed by atoms with Crippen LogP contribution in [0.15, 0.2) is 42.5 Å². The molecule has 0 aliphatic carbocycles. The Hall–Kier alpha value is -3.07. The van der Waals surface area contributed by atoms with Crippen molar-refractivity contribution in [3.05, 3.63) is 59.2 Å². The van der Waals surface area contributed by atoms with E-state index in [1.807, 2.05) is 0 Å². The number of carbonyl (C=O) groups is 2. The van der Waals surface area contributed by atoms with Crippen molar-refractivity contribution in [2.75, 3.05) is 43.4 Å². The maximum atomic E-state index is 12.9. The van der Waals surface area contributed by atoms with Gasteiger partial charge in [-0.1, -0.05) is 18.2 Å². The van der Waals surface area contributed by atoms with E-state index in [0.29, 0.717) is 0 Å². The number of amides is 2. The molecule has 2 aliphatic heterocycles. The average molecular weight is 461 g/mol. The van der Waals surface area contributed by atoms with Crippen molar-refractivity contribution in [2.24, 2.45) is 0 Å². The van der Waals surface area contributed by atoms with E-state index in [2.05, 4.69) is 45.7 Å². The molecule has 2 heterocycles. The smallest absolute Gasteiger partial charge is 0.374 e. The lowest BCUT2D eigenvalue weighted by Crippen LogP contribution is -2.41. The van der Waals surface area contributed by atoms with Crippen LogP contribution in [0.2, 0.25) is 0 Å². The minimum Gasteiger partial charge on any atom is -0.374 e. The number of nitrogens with zero attached hydrogens (tertiary/aromatic N) is 2. The summed E-state index contributed by atoms with van der Waals surface area (Å²) in [5.74, 6) is -1.87. The molecule has 0 unspecified atom stereocenters. The van der Waals surface area contributed by atoms with Crippen molar-refractivity contribution in [1.82, 2.24) is 10.2 Å². The standard InChI is InChI=1S/C24H27F3N4O2/c1-30-12-9-17-13-16(7-8-20(17)30)21(31-10-2-3-11-31)15-28-22(32)23(33)29-19-6-4-5-18(14-19)24(25,26)27/h4-8,13-14,21H,2-3,9-12,15H2,1H3,(H,28,32)(H,29,33)/t21-/m1/s1. The Kier molecular flexibility index (Phi) is 6.60. The molecule has 0 aromatic heterocycles. The quantitative estimate of drug-likeness (QED) is 0.670. The molecule has 1 atom stereocenters. The largest absolute Gasteiger partial charge is 0.416 e. The second-order valence-corrected chi connectivity index (χ2v) is 8.56. The van der Waals surface area contributed by atoms with E-state index in [0.717, 1.165) is 56.6 Å². The molecule has 0 bridgehead atoms. The normalized spacial score (nSPS) is 17.0. The van der Waals surface area contributed by atoms with Gasteiger partial charge >= 0.3 is 18.0 Å². The first-order valence-corrected chi connectivity index (χ1v) is 11.1. The first-order valence-electron chi connectivity index (χ1n) is 11.1. The van der Waals surface area contributed by atoms with Gasteiger partial charge in [0.2, 0.25) is 0 Å². The fourth-order valence-electron chi connectivity index (χ4n) is 4.54. The third kappa shape index (κ3) is 5.30. The maximum Gasteiger partial charge on any atom is 0.416 e. The molecule has 0 radical (unpaired) electrons. The van der Waals surface area contributed by atoms with E-state index >= 15 is 0 Å². The SMILES string of the molecule is CN1CCc2cc([C@@H](CNC(=O)C(=O)Nc3cccc(C(F)(F)F)c3)N3CCCC3)ccc21. The number of nitrogens with one attached hydrogen (secondary N) is 2. The molecule has 1 fully saturated rings. The van der Waals surface area contributed by atoms with Gasteiger partial charge < -0.3 is 15.5 Å². The van der Waals surface area contributed by atoms with Crippen LogP contribution >= 0.6 is 0 Å². The van der Waals surface area contributed by atoms with Gasteiger partial charge in [-0.15, -0.1) is 0 Å². The van der Waals surface area contributed by atoms with Gasteiger partial charge in [0.05, 0.1) is 11.6 Å². The molecular weight excluding hydrogens is 433 g/mol. The third-order valence-corrected chi connectivity index (χ3v) is 6.31. The van der Waals surface area contributed by atoms with Gasteiger partial charge in [0.25, 0.3) is 0 Å². The molecule has 2 aromatic carbocycles. The van der Waals surface area contributed by atoms with E-state index in [9.17, 15) is 22.8 Å². The van der Waals surface area contributed by atoms with Gasteiger partial charge in [-0.05, 0) is 67.7 Å². The minimum absolute atomic E-state index is 0.0750. The maximum absolute atomic E-state index is 12.9. The Morgan fingerprint density at radius 3 is 2.52 bits per heavy atom. The molecule has 2 aliphatic rings. The first kappa shape index (κ1) is 23.1. The van der Waals surface area contributed by atoms with Crippen molar-refractivity contribution in [1.29, 1.82) is 0 Å². The van der Waals surface area contributed by atoms with Crippen molar-refractivity contribution in [3.8, 4) is 0 Å². The molecule has 6 nitrogen and oxygen atoms in total. The summed E-state index contributed by atoms with van der Waals surface area (Å²) in [7, 11) is 2.06.